The third-order valence-corrected chi connectivity index (χ3v) is 3.71. The molecule has 0 bridgehead atoms. The number of nitrogens with one attached hydrogen (secondary N) is 1. The Morgan fingerprint density at radius 3 is 2.50 bits per heavy atom. The van der Waals surface area contributed by atoms with Crippen LogP contribution < -0.4 is 5.32 Å². The van der Waals surface area contributed by atoms with Crippen molar-refractivity contribution in [1.82, 2.24) is 10.3 Å². The molecule has 0 aromatic carbocycles. The van der Waals surface area contributed by atoms with Gasteiger partial charge < -0.3 is 5.32 Å². The molecule has 0 aliphatic heterocycles. The summed E-state index contributed by atoms with van der Waals surface area (Å²) >= 11 is 1.76. The van der Waals surface area contributed by atoms with Crippen LogP contribution in [0, 0.1) is 11.8 Å². The normalized spacial score (nSPS) is 16.1. The van der Waals surface area contributed by atoms with Gasteiger partial charge in [-0.1, -0.05) is 13.8 Å². The largest absolute Gasteiger partial charge is 0.312 e. The van der Waals surface area contributed by atoms with Crippen LogP contribution in [0.4, 0.5) is 0 Å². The van der Waals surface area contributed by atoms with Gasteiger partial charge >= 0.3 is 0 Å². The lowest BCUT2D eigenvalue weighted by atomic mass is 9.92. The van der Waals surface area contributed by atoms with Crippen molar-refractivity contribution in [2.45, 2.75) is 46.6 Å². The van der Waals surface area contributed by atoms with E-state index in [1.165, 1.54) is 5.01 Å². The summed E-state index contributed by atoms with van der Waals surface area (Å²) in [6, 6.07) is 0. The van der Waals surface area contributed by atoms with Crippen LogP contribution in [0.3, 0.4) is 0 Å². The smallest absolute Gasteiger partial charge is 0.0927 e. The maximum Gasteiger partial charge on any atom is 0.0927 e. The predicted molar refractivity (Wildman–Crippen MR) is 71.9 cm³/mol. The van der Waals surface area contributed by atoms with Gasteiger partial charge in [0.15, 0.2) is 0 Å². The van der Waals surface area contributed by atoms with Crippen LogP contribution in [-0.2, 0) is 6.42 Å². The Kier molecular flexibility index (Phi) is 4.93. The lowest BCUT2D eigenvalue weighted by Crippen LogP contribution is -2.40. The minimum atomic E-state index is 0.217. The van der Waals surface area contributed by atoms with E-state index in [4.69, 9.17) is 0 Å². The van der Waals surface area contributed by atoms with Crippen LogP contribution in [0.1, 0.15) is 39.6 Å². The summed E-state index contributed by atoms with van der Waals surface area (Å²) in [5.41, 5.74) is 0.217. The Labute approximate surface area is 103 Å². The Bertz CT molecular complexity index is 287. The first kappa shape index (κ1) is 13.7. The fourth-order valence-electron chi connectivity index (χ4n) is 1.50. The summed E-state index contributed by atoms with van der Waals surface area (Å²) in [6.07, 6.45) is 3.00. The fraction of sp³-hybridized carbons (Fsp3) is 0.769. The lowest BCUT2D eigenvalue weighted by Gasteiger charge is -2.26. The average Bonchev–Trinajstić information content (AvgIpc) is 2.65. The first-order chi connectivity index (χ1) is 7.38. The molecule has 3 heteroatoms. The number of aromatic nitrogens is 1. The van der Waals surface area contributed by atoms with Gasteiger partial charge in [0.05, 0.1) is 5.01 Å². The van der Waals surface area contributed by atoms with Crippen molar-refractivity contribution in [3.8, 4) is 0 Å². The van der Waals surface area contributed by atoms with Crippen molar-refractivity contribution in [2.75, 3.05) is 6.54 Å². The van der Waals surface area contributed by atoms with Crippen LogP contribution in [0.25, 0.3) is 0 Å². The highest BCUT2D eigenvalue weighted by molar-refractivity contribution is 7.09. The molecule has 1 N–H and O–H groups in total. The van der Waals surface area contributed by atoms with Crippen molar-refractivity contribution < 1.29 is 0 Å². The molecule has 2 nitrogen and oxygen atoms in total. The quantitative estimate of drug-likeness (QED) is 0.854. The van der Waals surface area contributed by atoms with E-state index >= 15 is 0 Å². The minimum Gasteiger partial charge on any atom is -0.312 e. The molecule has 2 unspecified atom stereocenters. The van der Waals surface area contributed by atoms with Crippen LogP contribution in [0.2, 0.25) is 0 Å². The lowest BCUT2D eigenvalue weighted by molar-refractivity contribution is 0.317. The van der Waals surface area contributed by atoms with Crippen LogP contribution in [-0.4, -0.2) is 17.1 Å². The van der Waals surface area contributed by atoms with E-state index in [-0.39, 0.29) is 5.54 Å². The third kappa shape index (κ3) is 5.08. The monoisotopic (exact) mass is 240 g/mol. The molecule has 1 aromatic rings. The van der Waals surface area contributed by atoms with Crippen molar-refractivity contribution in [2.24, 2.45) is 11.8 Å². The van der Waals surface area contributed by atoms with Crippen molar-refractivity contribution in [1.29, 1.82) is 0 Å². The predicted octanol–water partition coefficient (Wildman–Crippen LogP) is 3.35. The summed E-state index contributed by atoms with van der Waals surface area (Å²) in [5.74, 6) is 1.36. The van der Waals surface area contributed by atoms with Crippen LogP contribution in [0.15, 0.2) is 11.6 Å². The topological polar surface area (TPSA) is 24.9 Å². The van der Waals surface area contributed by atoms with Gasteiger partial charge in [-0.15, -0.1) is 11.3 Å². The van der Waals surface area contributed by atoms with E-state index < -0.39 is 0 Å². The first-order valence-electron chi connectivity index (χ1n) is 6.02. The number of nitrogens with zero attached hydrogens (tertiary/aromatic N) is 1. The van der Waals surface area contributed by atoms with Gasteiger partial charge in [-0.2, -0.15) is 0 Å². The zero-order valence-corrected chi connectivity index (χ0v) is 11.9. The highest BCUT2D eigenvalue weighted by atomic mass is 32.1. The SMILES string of the molecule is CC(CNC(C)(C)C)C(C)Cc1nccs1. The van der Waals surface area contributed by atoms with E-state index in [9.17, 15) is 0 Å². The number of rotatable bonds is 5. The van der Waals surface area contributed by atoms with E-state index in [1.807, 2.05) is 6.20 Å². The molecule has 1 aromatic heterocycles. The van der Waals surface area contributed by atoms with Gasteiger partial charge in [-0.25, -0.2) is 4.98 Å². The van der Waals surface area contributed by atoms with Gasteiger partial charge in [0, 0.05) is 23.5 Å². The molecular formula is C13H24N2S. The van der Waals surface area contributed by atoms with E-state index in [0.717, 1.165) is 13.0 Å². The number of thiazole rings is 1. The molecule has 0 aliphatic rings. The van der Waals surface area contributed by atoms with Crippen LogP contribution >= 0.6 is 11.3 Å². The van der Waals surface area contributed by atoms with Gasteiger partial charge in [0.25, 0.3) is 0 Å². The Morgan fingerprint density at radius 2 is 2.00 bits per heavy atom. The second kappa shape index (κ2) is 5.78. The van der Waals surface area contributed by atoms with Crippen LogP contribution in [0.5, 0.6) is 0 Å². The Hall–Kier alpha value is -0.410. The number of hydrogen-bond donors (Lipinski definition) is 1. The van der Waals surface area contributed by atoms with E-state index in [0.29, 0.717) is 11.8 Å². The highest BCUT2D eigenvalue weighted by Gasteiger charge is 2.16. The van der Waals surface area contributed by atoms with E-state index in [1.54, 1.807) is 11.3 Å². The molecule has 0 saturated heterocycles. The molecule has 0 aliphatic carbocycles. The molecule has 0 fully saturated rings. The average molecular weight is 240 g/mol. The molecule has 0 radical (unpaired) electrons. The van der Waals surface area contributed by atoms with Crippen molar-refractivity contribution >= 4 is 11.3 Å². The first-order valence-corrected chi connectivity index (χ1v) is 6.90. The maximum atomic E-state index is 4.35. The second-order valence-corrected chi connectivity index (χ2v) is 6.69. The molecule has 1 rings (SSSR count). The molecule has 92 valence electrons. The zero-order valence-electron chi connectivity index (χ0n) is 11.1. The summed E-state index contributed by atoms with van der Waals surface area (Å²) in [6.45, 7) is 12.4. The van der Waals surface area contributed by atoms with Gasteiger partial charge in [-0.3, -0.25) is 0 Å². The minimum absolute atomic E-state index is 0.217. The van der Waals surface area contributed by atoms with Gasteiger partial charge in [-0.05, 0) is 39.2 Å². The molecule has 1 heterocycles. The zero-order chi connectivity index (χ0) is 12.2. The standard InChI is InChI=1S/C13H24N2S/c1-10(8-12-14-6-7-16-12)11(2)9-15-13(3,4)5/h6-7,10-11,15H,8-9H2,1-5H3. The summed E-state index contributed by atoms with van der Waals surface area (Å²) in [4.78, 5) is 4.35. The third-order valence-electron chi connectivity index (χ3n) is 2.91. The Balaban J connectivity index is 2.33. The molecular weight excluding hydrogens is 216 g/mol. The molecule has 0 spiro atoms. The van der Waals surface area contributed by atoms with Gasteiger partial charge in [0.2, 0.25) is 0 Å². The highest BCUT2D eigenvalue weighted by Crippen LogP contribution is 2.18. The summed E-state index contributed by atoms with van der Waals surface area (Å²) in [5, 5.41) is 6.88. The van der Waals surface area contributed by atoms with Crippen molar-refractivity contribution in [3.05, 3.63) is 16.6 Å². The fourth-order valence-corrected chi connectivity index (χ4v) is 2.26. The van der Waals surface area contributed by atoms with Crippen molar-refractivity contribution in [3.63, 3.8) is 0 Å². The molecule has 2 atom stereocenters. The molecule has 0 amide bonds. The van der Waals surface area contributed by atoms with E-state index in [2.05, 4.69) is 50.3 Å². The molecule has 0 saturated carbocycles. The maximum absolute atomic E-state index is 4.35. The summed E-state index contributed by atoms with van der Waals surface area (Å²) < 4.78 is 0. The second-order valence-electron chi connectivity index (χ2n) is 5.72. The van der Waals surface area contributed by atoms with Gasteiger partial charge in [0.1, 0.15) is 0 Å². The molecule has 16 heavy (non-hydrogen) atoms. The Morgan fingerprint density at radius 1 is 1.31 bits per heavy atom. The number of hydrogen-bond acceptors (Lipinski definition) is 3. The summed E-state index contributed by atoms with van der Waals surface area (Å²) in [7, 11) is 0.